The third-order valence-corrected chi connectivity index (χ3v) is 2.72. The fourth-order valence-corrected chi connectivity index (χ4v) is 1.54. The average molecular weight is 302 g/mol. The van der Waals surface area contributed by atoms with Gasteiger partial charge >= 0.3 is 12.1 Å². The molecule has 0 bridgehead atoms. The lowest BCUT2D eigenvalue weighted by Gasteiger charge is -2.21. The number of hydrogen-bond donors (Lipinski definition) is 4. The molecule has 4 amide bonds. The van der Waals surface area contributed by atoms with E-state index >= 15 is 0 Å². The van der Waals surface area contributed by atoms with Gasteiger partial charge in [0.05, 0.1) is 19.3 Å². The van der Waals surface area contributed by atoms with E-state index in [4.69, 9.17) is 22.4 Å². The Kier molecular flexibility index (Phi) is 6.23. The maximum absolute atomic E-state index is 11.8. The number of aliphatic hydroxyl groups is 2. The number of nitrogens with one attached hydrogen (secondary N) is 1. The van der Waals surface area contributed by atoms with Crippen LogP contribution in [0, 0.1) is 0 Å². The van der Waals surface area contributed by atoms with Crippen LogP contribution in [0.4, 0.5) is 9.59 Å². The Morgan fingerprint density at radius 2 is 1.95 bits per heavy atom. The molecular formula is C12H16ClN3O4. The highest BCUT2D eigenvalue weighted by atomic mass is 35.5. The van der Waals surface area contributed by atoms with Crippen molar-refractivity contribution in [1.29, 1.82) is 0 Å². The third-order valence-electron chi connectivity index (χ3n) is 2.47. The van der Waals surface area contributed by atoms with E-state index in [-0.39, 0.29) is 13.1 Å². The molecule has 0 spiro atoms. The van der Waals surface area contributed by atoms with Crippen LogP contribution in [0.15, 0.2) is 24.3 Å². The summed E-state index contributed by atoms with van der Waals surface area (Å²) in [6.45, 7) is -0.776. The number of rotatable bonds is 5. The number of halogens is 1. The number of amides is 4. The number of carbonyl (C=O) groups is 2. The van der Waals surface area contributed by atoms with E-state index in [9.17, 15) is 14.7 Å². The number of nitrogens with two attached hydrogens (primary N) is 1. The molecule has 1 atom stereocenters. The quantitative estimate of drug-likeness (QED) is 0.625. The Morgan fingerprint density at radius 1 is 1.35 bits per heavy atom. The van der Waals surface area contributed by atoms with Crippen LogP contribution in [0.1, 0.15) is 5.56 Å². The lowest BCUT2D eigenvalue weighted by Crippen LogP contribution is -2.49. The first kappa shape index (κ1) is 16.2. The predicted molar refractivity (Wildman–Crippen MR) is 73.1 cm³/mol. The lowest BCUT2D eigenvalue weighted by atomic mass is 10.2. The minimum Gasteiger partial charge on any atom is -0.394 e. The van der Waals surface area contributed by atoms with Gasteiger partial charge in [0.2, 0.25) is 0 Å². The summed E-state index contributed by atoms with van der Waals surface area (Å²) in [5.41, 5.74) is 5.83. The first-order chi connectivity index (χ1) is 9.43. The summed E-state index contributed by atoms with van der Waals surface area (Å²) in [6, 6.07) is 5.03. The smallest absolute Gasteiger partial charge is 0.325 e. The van der Waals surface area contributed by atoms with E-state index in [1.54, 1.807) is 24.3 Å². The van der Waals surface area contributed by atoms with Crippen LogP contribution in [-0.4, -0.2) is 46.4 Å². The van der Waals surface area contributed by atoms with Gasteiger partial charge in [0.15, 0.2) is 0 Å². The normalized spacial score (nSPS) is 11.8. The van der Waals surface area contributed by atoms with Crippen LogP contribution in [0.3, 0.4) is 0 Å². The summed E-state index contributed by atoms with van der Waals surface area (Å²) in [4.78, 5) is 23.5. The second-order valence-corrected chi connectivity index (χ2v) is 4.51. The van der Waals surface area contributed by atoms with Crippen LogP contribution < -0.4 is 11.1 Å². The molecule has 20 heavy (non-hydrogen) atoms. The molecule has 5 N–H and O–H groups in total. The van der Waals surface area contributed by atoms with Crippen molar-refractivity contribution in [3.05, 3.63) is 34.9 Å². The van der Waals surface area contributed by atoms with Crippen LogP contribution in [0.5, 0.6) is 0 Å². The highest BCUT2D eigenvalue weighted by Crippen LogP contribution is 2.09. The van der Waals surface area contributed by atoms with Crippen molar-refractivity contribution in [3.8, 4) is 0 Å². The van der Waals surface area contributed by atoms with Crippen LogP contribution in [0.2, 0.25) is 5.02 Å². The topological polar surface area (TPSA) is 116 Å². The van der Waals surface area contributed by atoms with E-state index in [1.807, 2.05) is 0 Å². The molecule has 0 aliphatic heterocycles. The van der Waals surface area contributed by atoms with Gasteiger partial charge < -0.3 is 21.3 Å². The van der Waals surface area contributed by atoms with E-state index in [2.05, 4.69) is 5.32 Å². The number of aliphatic hydroxyl groups excluding tert-OH is 2. The van der Waals surface area contributed by atoms with Crippen molar-refractivity contribution in [2.75, 3.05) is 13.2 Å². The molecule has 110 valence electrons. The number of urea groups is 2. The fourth-order valence-electron chi connectivity index (χ4n) is 1.42. The zero-order valence-corrected chi connectivity index (χ0v) is 11.4. The van der Waals surface area contributed by atoms with E-state index in [1.165, 1.54) is 0 Å². The molecule has 1 rings (SSSR count). The van der Waals surface area contributed by atoms with Crippen LogP contribution in [-0.2, 0) is 6.54 Å². The first-order valence-electron chi connectivity index (χ1n) is 5.82. The van der Waals surface area contributed by atoms with Gasteiger partial charge in [-0.2, -0.15) is 0 Å². The molecular weight excluding hydrogens is 286 g/mol. The highest BCUT2D eigenvalue weighted by molar-refractivity contribution is 6.30. The van der Waals surface area contributed by atoms with Gasteiger partial charge in [-0.3, -0.25) is 0 Å². The molecule has 0 aliphatic carbocycles. The Bertz CT molecular complexity index is 466. The standard InChI is InChI=1S/C12H16ClN3O4/c13-9-3-1-8(2-4-9)5-15-12(20)16(11(14)19)6-10(18)7-17/h1-4,10,17-18H,5-7H2,(H2,14,19)(H,15,20)/t10-/m0/s1. The number of nitrogens with zero attached hydrogens (tertiary/aromatic N) is 1. The van der Waals surface area contributed by atoms with Crippen molar-refractivity contribution >= 4 is 23.7 Å². The first-order valence-corrected chi connectivity index (χ1v) is 6.20. The van der Waals surface area contributed by atoms with Gasteiger partial charge in [-0.05, 0) is 17.7 Å². The molecule has 1 aromatic carbocycles. The van der Waals surface area contributed by atoms with Crippen molar-refractivity contribution in [2.45, 2.75) is 12.6 Å². The number of hydrogen-bond acceptors (Lipinski definition) is 4. The summed E-state index contributed by atoms with van der Waals surface area (Å²) >= 11 is 5.73. The summed E-state index contributed by atoms with van der Waals surface area (Å²) < 4.78 is 0. The van der Waals surface area contributed by atoms with Gasteiger partial charge in [0, 0.05) is 11.6 Å². The molecule has 0 radical (unpaired) electrons. The molecule has 0 aromatic heterocycles. The SMILES string of the molecule is NC(=O)N(C[C@H](O)CO)C(=O)NCc1ccc(Cl)cc1. The Morgan fingerprint density at radius 3 is 2.45 bits per heavy atom. The third kappa shape index (κ3) is 5.04. The number of carbonyl (C=O) groups excluding carboxylic acids is 2. The molecule has 0 saturated carbocycles. The molecule has 0 aliphatic rings. The number of imide groups is 1. The molecule has 0 unspecified atom stereocenters. The molecule has 0 heterocycles. The average Bonchev–Trinajstić information content (AvgIpc) is 2.43. The maximum atomic E-state index is 11.8. The Hall–Kier alpha value is -1.83. The second-order valence-electron chi connectivity index (χ2n) is 4.07. The number of primary amides is 1. The van der Waals surface area contributed by atoms with Gasteiger partial charge in [-0.1, -0.05) is 23.7 Å². The van der Waals surface area contributed by atoms with Crippen molar-refractivity contribution in [2.24, 2.45) is 5.73 Å². The Labute approximate surface area is 120 Å². The molecule has 7 nitrogen and oxygen atoms in total. The molecule has 0 fully saturated rings. The molecule has 0 saturated heterocycles. The largest absolute Gasteiger partial charge is 0.394 e. The summed E-state index contributed by atoms with van der Waals surface area (Å²) in [6.07, 6.45) is -1.23. The molecule has 1 aromatic rings. The minimum absolute atomic E-state index is 0.176. The minimum atomic E-state index is -1.23. The summed E-state index contributed by atoms with van der Waals surface area (Å²) in [7, 11) is 0. The molecule has 8 heteroatoms. The zero-order chi connectivity index (χ0) is 15.1. The highest BCUT2D eigenvalue weighted by Gasteiger charge is 2.21. The monoisotopic (exact) mass is 301 g/mol. The number of benzene rings is 1. The van der Waals surface area contributed by atoms with Gasteiger partial charge in [0.1, 0.15) is 0 Å². The fraction of sp³-hybridized carbons (Fsp3) is 0.333. The van der Waals surface area contributed by atoms with Crippen LogP contribution in [0.25, 0.3) is 0 Å². The second kappa shape index (κ2) is 7.68. The predicted octanol–water partition coefficient (Wildman–Crippen LogP) is 0.283. The van der Waals surface area contributed by atoms with Gasteiger partial charge in [-0.25, -0.2) is 14.5 Å². The summed E-state index contributed by atoms with van der Waals surface area (Å²) in [5, 5.41) is 21.0. The summed E-state index contributed by atoms with van der Waals surface area (Å²) in [5.74, 6) is 0. The van der Waals surface area contributed by atoms with Crippen molar-refractivity contribution < 1.29 is 19.8 Å². The zero-order valence-electron chi connectivity index (χ0n) is 10.6. The van der Waals surface area contributed by atoms with Gasteiger partial charge in [-0.15, -0.1) is 0 Å². The van der Waals surface area contributed by atoms with Gasteiger partial charge in [0.25, 0.3) is 0 Å². The van der Waals surface area contributed by atoms with Crippen molar-refractivity contribution in [1.82, 2.24) is 10.2 Å². The van der Waals surface area contributed by atoms with E-state index in [0.29, 0.717) is 9.92 Å². The van der Waals surface area contributed by atoms with E-state index < -0.39 is 24.8 Å². The van der Waals surface area contributed by atoms with Crippen LogP contribution >= 0.6 is 11.6 Å². The lowest BCUT2D eigenvalue weighted by molar-refractivity contribution is 0.0749. The van der Waals surface area contributed by atoms with E-state index in [0.717, 1.165) is 5.56 Å². The Balaban J connectivity index is 2.58. The maximum Gasteiger partial charge on any atom is 0.325 e. The van der Waals surface area contributed by atoms with Crippen molar-refractivity contribution in [3.63, 3.8) is 0 Å².